The summed E-state index contributed by atoms with van der Waals surface area (Å²) >= 11 is 1.36. The lowest BCUT2D eigenvalue weighted by molar-refractivity contribution is -0.119. The Morgan fingerprint density at radius 1 is 1.10 bits per heavy atom. The Bertz CT molecular complexity index is 1140. The van der Waals surface area contributed by atoms with Crippen LogP contribution in [0.25, 0.3) is 10.9 Å². The normalized spacial score (nSPS) is 18.4. The highest BCUT2D eigenvalue weighted by atomic mass is 32.2. The minimum Gasteiger partial charge on any atom is -0.349 e. The fourth-order valence-electron chi connectivity index (χ4n) is 4.15. The summed E-state index contributed by atoms with van der Waals surface area (Å²) in [5.41, 5.74) is 3.26. The number of hydrogen-bond donors (Lipinski definition) is 1. The molecule has 1 saturated carbocycles. The van der Waals surface area contributed by atoms with Gasteiger partial charge in [-0.25, -0.2) is 4.98 Å². The van der Waals surface area contributed by atoms with E-state index in [1.165, 1.54) is 22.9 Å². The van der Waals surface area contributed by atoms with Crippen LogP contribution in [0.3, 0.4) is 0 Å². The Hall–Kier alpha value is -2.60. The molecule has 148 valence electrons. The van der Waals surface area contributed by atoms with E-state index >= 15 is 0 Å². The quantitative estimate of drug-likeness (QED) is 0.514. The number of benzene rings is 2. The largest absolute Gasteiger partial charge is 0.349 e. The number of amides is 1. The van der Waals surface area contributed by atoms with E-state index in [1.54, 1.807) is 4.57 Å². The van der Waals surface area contributed by atoms with Crippen molar-refractivity contribution in [2.24, 2.45) is 0 Å². The maximum absolute atomic E-state index is 12.9. The van der Waals surface area contributed by atoms with Gasteiger partial charge in [0.1, 0.15) is 0 Å². The summed E-state index contributed by atoms with van der Waals surface area (Å²) in [5, 5.41) is 4.48. The van der Waals surface area contributed by atoms with Crippen molar-refractivity contribution in [2.75, 3.05) is 5.75 Å². The third kappa shape index (κ3) is 3.69. The first-order valence-corrected chi connectivity index (χ1v) is 11.2. The molecule has 0 aliphatic heterocycles. The van der Waals surface area contributed by atoms with E-state index in [0.717, 1.165) is 32.1 Å². The molecule has 1 heterocycles. The molecule has 0 spiro atoms. The second-order valence-corrected chi connectivity index (χ2v) is 8.76. The van der Waals surface area contributed by atoms with Crippen molar-refractivity contribution >= 4 is 28.6 Å². The average Bonchev–Trinajstić information content (AvgIpc) is 3.58. The van der Waals surface area contributed by atoms with Gasteiger partial charge < -0.3 is 5.32 Å². The van der Waals surface area contributed by atoms with E-state index in [1.807, 2.05) is 30.3 Å². The van der Waals surface area contributed by atoms with Gasteiger partial charge in [-0.1, -0.05) is 48.2 Å². The number of aromatic nitrogens is 2. The first-order chi connectivity index (χ1) is 14.2. The molecule has 6 heteroatoms. The monoisotopic (exact) mass is 405 g/mol. The van der Waals surface area contributed by atoms with Crippen LogP contribution in [0.1, 0.15) is 48.9 Å². The zero-order valence-electron chi connectivity index (χ0n) is 16.1. The van der Waals surface area contributed by atoms with Crippen molar-refractivity contribution in [1.82, 2.24) is 14.9 Å². The van der Waals surface area contributed by atoms with Crippen molar-refractivity contribution in [3.05, 3.63) is 70.0 Å². The first kappa shape index (κ1) is 18.4. The van der Waals surface area contributed by atoms with Crippen molar-refractivity contribution in [3.8, 4) is 0 Å². The minimum atomic E-state index is -0.0125. The Balaban J connectivity index is 1.34. The molecule has 1 N–H and O–H groups in total. The van der Waals surface area contributed by atoms with Gasteiger partial charge in [-0.15, -0.1) is 0 Å². The second-order valence-electron chi connectivity index (χ2n) is 7.82. The zero-order chi connectivity index (χ0) is 19.8. The fraction of sp³-hybridized carbons (Fsp3) is 0.348. The summed E-state index contributed by atoms with van der Waals surface area (Å²) in [6, 6.07) is 16.1. The Labute approximate surface area is 173 Å². The maximum atomic E-state index is 12.9. The number of nitrogens with one attached hydrogen (secondary N) is 1. The molecule has 1 atom stereocenters. The lowest BCUT2D eigenvalue weighted by Crippen LogP contribution is -2.32. The molecule has 5 rings (SSSR count). The van der Waals surface area contributed by atoms with E-state index in [9.17, 15) is 9.59 Å². The van der Waals surface area contributed by atoms with Gasteiger partial charge >= 0.3 is 0 Å². The SMILES string of the molecule is O=C(CSc1nc2ccccc2c(=O)n1C1CC1)N[C@H]1CCCc2ccccc21. The van der Waals surface area contributed by atoms with Crippen molar-refractivity contribution < 1.29 is 4.79 Å². The van der Waals surface area contributed by atoms with Crippen LogP contribution in [0.2, 0.25) is 0 Å². The van der Waals surface area contributed by atoms with Gasteiger partial charge in [0.25, 0.3) is 5.56 Å². The Morgan fingerprint density at radius 3 is 2.76 bits per heavy atom. The summed E-state index contributed by atoms with van der Waals surface area (Å²) in [6.07, 6.45) is 5.13. The molecule has 5 nitrogen and oxygen atoms in total. The van der Waals surface area contributed by atoms with Gasteiger partial charge in [-0.05, 0) is 55.4 Å². The van der Waals surface area contributed by atoms with Crippen LogP contribution in [-0.4, -0.2) is 21.2 Å². The maximum Gasteiger partial charge on any atom is 0.262 e. The van der Waals surface area contributed by atoms with Gasteiger partial charge in [-0.3, -0.25) is 14.2 Å². The molecule has 2 aliphatic carbocycles. The number of carbonyl (C=O) groups excluding carboxylic acids is 1. The predicted octanol–water partition coefficient (Wildman–Crippen LogP) is 4.02. The molecule has 0 radical (unpaired) electrons. The molecule has 0 unspecified atom stereocenters. The van der Waals surface area contributed by atoms with Gasteiger partial charge in [0.2, 0.25) is 5.91 Å². The molecule has 0 saturated heterocycles. The van der Waals surface area contributed by atoms with E-state index in [0.29, 0.717) is 16.1 Å². The number of rotatable bonds is 5. The standard InChI is InChI=1S/C23H23N3O2S/c27-21(24-19-11-5-7-15-6-1-2-8-17(15)19)14-29-23-25-20-10-4-3-9-18(20)22(28)26(23)16-12-13-16/h1-4,6,8-10,16,19H,5,7,11-14H2,(H,24,27)/t19-/m0/s1. The number of carbonyl (C=O) groups is 1. The smallest absolute Gasteiger partial charge is 0.262 e. The van der Waals surface area contributed by atoms with Crippen molar-refractivity contribution in [1.29, 1.82) is 0 Å². The van der Waals surface area contributed by atoms with Gasteiger partial charge in [0.05, 0.1) is 22.7 Å². The fourth-order valence-corrected chi connectivity index (χ4v) is 5.03. The minimum absolute atomic E-state index is 0.00205. The molecule has 1 aromatic heterocycles. The highest BCUT2D eigenvalue weighted by Crippen LogP contribution is 2.37. The Kier molecular flexibility index (Phi) is 4.87. The summed E-state index contributed by atoms with van der Waals surface area (Å²) in [7, 11) is 0. The second kappa shape index (κ2) is 7.67. The number of para-hydroxylation sites is 1. The Morgan fingerprint density at radius 2 is 1.90 bits per heavy atom. The molecular formula is C23H23N3O2S. The van der Waals surface area contributed by atoms with Crippen molar-refractivity contribution in [2.45, 2.75) is 49.3 Å². The van der Waals surface area contributed by atoms with Gasteiger partial charge in [0.15, 0.2) is 5.16 Å². The van der Waals surface area contributed by atoms with E-state index < -0.39 is 0 Å². The zero-order valence-corrected chi connectivity index (χ0v) is 17.0. The number of aryl methyl sites for hydroxylation is 1. The van der Waals surface area contributed by atoms with Gasteiger partial charge in [0, 0.05) is 6.04 Å². The molecular weight excluding hydrogens is 382 g/mol. The van der Waals surface area contributed by atoms with E-state index in [-0.39, 0.29) is 29.3 Å². The third-order valence-electron chi connectivity index (χ3n) is 5.72. The summed E-state index contributed by atoms with van der Waals surface area (Å²) in [4.78, 5) is 30.3. The predicted molar refractivity (Wildman–Crippen MR) is 115 cm³/mol. The average molecular weight is 406 g/mol. The van der Waals surface area contributed by atoms with Crippen LogP contribution in [0, 0.1) is 0 Å². The number of thioether (sulfide) groups is 1. The van der Waals surface area contributed by atoms with E-state index in [2.05, 4.69) is 23.5 Å². The first-order valence-electron chi connectivity index (χ1n) is 10.2. The van der Waals surface area contributed by atoms with Crippen LogP contribution < -0.4 is 10.9 Å². The summed E-state index contributed by atoms with van der Waals surface area (Å²) < 4.78 is 1.79. The molecule has 29 heavy (non-hydrogen) atoms. The number of hydrogen-bond acceptors (Lipinski definition) is 4. The molecule has 0 bridgehead atoms. The number of nitrogens with zero attached hydrogens (tertiary/aromatic N) is 2. The van der Waals surface area contributed by atoms with Gasteiger partial charge in [-0.2, -0.15) is 0 Å². The van der Waals surface area contributed by atoms with Crippen LogP contribution in [0.5, 0.6) is 0 Å². The molecule has 2 aliphatic rings. The number of fused-ring (bicyclic) bond motifs is 2. The summed E-state index contributed by atoms with van der Waals surface area (Å²) in [5.74, 6) is 0.248. The van der Waals surface area contributed by atoms with Crippen LogP contribution in [0.15, 0.2) is 58.5 Å². The van der Waals surface area contributed by atoms with Crippen LogP contribution in [-0.2, 0) is 11.2 Å². The summed E-state index contributed by atoms with van der Waals surface area (Å²) in [6.45, 7) is 0. The topological polar surface area (TPSA) is 64.0 Å². The molecule has 1 amide bonds. The molecule has 2 aromatic carbocycles. The lowest BCUT2D eigenvalue weighted by Gasteiger charge is -2.26. The molecule has 3 aromatic rings. The molecule has 1 fully saturated rings. The van der Waals surface area contributed by atoms with E-state index in [4.69, 9.17) is 4.98 Å². The lowest BCUT2D eigenvalue weighted by atomic mass is 9.88. The van der Waals surface area contributed by atoms with Crippen LogP contribution >= 0.6 is 11.8 Å². The highest BCUT2D eigenvalue weighted by molar-refractivity contribution is 7.99. The highest BCUT2D eigenvalue weighted by Gasteiger charge is 2.29. The van der Waals surface area contributed by atoms with Crippen LogP contribution in [0.4, 0.5) is 0 Å². The van der Waals surface area contributed by atoms with Crippen molar-refractivity contribution in [3.63, 3.8) is 0 Å². The third-order valence-corrected chi connectivity index (χ3v) is 6.68.